The van der Waals surface area contributed by atoms with Gasteiger partial charge in [-0.2, -0.15) is 0 Å². The van der Waals surface area contributed by atoms with Gasteiger partial charge in [-0.05, 0) is 19.3 Å². The molecule has 96 valence electrons. The molecule has 0 unspecified atom stereocenters. The zero-order chi connectivity index (χ0) is 13.0. The van der Waals surface area contributed by atoms with E-state index in [9.17, 15) is 9.59 Å². The van der Waals surface area contributed by atoms with E-state index in [1.54, 1.807) is 0 Å². The van der Waals surface area contributed by atoms with Crippen LogP contribution >= 0.6 is 0 Å². The van der Waals surface area contributed by atoms with Gasteiger partial charge in [-0.3, -0.25) is 13.9 Å². The molecule has 5 nitrogen and oxygen atoms in total. The standard InChI is InChI=1S/C10H15N3O2.C2H6/c1-2-5-12-8(11)6-9(14)13(10(12)15)7-3-4-7;1-2/h6-7H,2-5,11H2,1H3;1-2H3. The molecule has 0 aliphatic heterocycles. The van der Waals surface area contributed by atoms with Crippen molar-refractivity contribution in [3.8, 4) is 0 Å². The molecule has 1 aliphatic carbocycles. The molecule has 0 amide bonds. The normalized spacial score (nSPS) is 14.1. The van der Waals surface area contributed by atoms with Crippen LogP contribution in [0.2, 0.25) is 0 Å². The lowest BCUT2D eigenvalue weighted by molar-refractivity contribution is 0.561. The van der Waals surface area contributed by atoms with E-state index >= 15 is 0 Å². The molecule has 0 spiro atoms. The highest BCUT2D eigenvalue weighted by Gasteiger charge is 2.27. The molecule has 1 aromatic heterocycles. The van der Waals surface area contributed by atoms with Crippen molar-refractivity contribution in [1.29, 1.82) is 0 Å². The van der Waals surface area contributed by atoms with E-state index in [1.807, 2.05) is 20.8 Å². The summed E-state index contributed by atoms with van der Waals surface area (Å²) in [6.45, 7) is 6.54. The molecule has 5 heteroatoms. The minimum atomic E-state index is -0.271. The van der Waals surface area contributed by atoms with Gasteiger partial charge >= 0.3 is 5.69 Å². The van der Waals surface area contributed by atoms with Crippen molar-refractivity contribution < 1.29 is 0 Å². The van der Waals surface area contributed by atoms with Crippen LogP contribution in [-0.4, -0.2) is 9.13 Å². The molecular weight excluding hydrogens is 218 g/mol. The van der Waals surface area contributed by atoms with Crippen molar-refractivity contribution in [1.82, 2.24) is 9.13 Å². The smallest absolute Gasteiger partial charge is 0.332 e. The van der Waals surface area contributed by atoms with Crippen LogP contribution < -0.4 is 17.0 Å². The van der Waals surface area contributed by atoms with E-state index < -0.39 is 0 Å². The van der Waals surface area contributed by atoms with E-state index in [0.29, 0.717) is 6.54 Å². The summed E-state index contributed by atoms with van der Waals surface area (Å²) in [5, 5.41) is 0. The van der Waals surface area contributed by atoms with Crippen LogP contribution in [-0.2, 0) is 6.54 Å². The number of hydrogen-bond donors (Lipinski definition) is 1. The van der Waals surface area contributed by atoms with E-state index in [0.717, 1.165) is 19.3 Å². The quantitative estimate of drug-likeness (QED) is 0.865. The molecule has 0 aromatic carbocycles. The van der Waals surface area contributed by atoms with E-state index in [-0.39, 0.29) is 23.1 Å². The molecule has 1 heterocycles. The summed E-state index contributed by atoms with van der Waals surface area (Å²) in [7, 11) is 0. The first-order valence-corrected chi connectivity index (χ1v) is 6.27. The van der Waals surface area contributed by atoms with Crippen LogP contribution in [0.3, 0.4) is 0 Å². The molecule has 1 saturated carbocycles. The second-order valence-corrected chi connectivity index (χ2v) is 3.94. The van der Waals surface area contributed by atoms with Crippen LogP contribution in [0.15, 0.2) is 15.7 Å². The molecule has 2 rings (SSSR count). The fourth-order valence-electron chi connectivity index (χ4n) is 1.73. The third kappa shape index (κ3) is 2.78. The molecule has 0 saturated heterocycles. The predicted molar refractivity (Wildman–Crippen MR) is 69.3 cm³/mol. The molecule has 1 aromatic rings. The van der Waals surface area contributed by atoms with Crippen LogP contribution in [0.5, 0.6) is 0 Å². The zero-order valence-electron chi connectivity index (χ0n) is 10.8. The molecule has 1 fully saturated rings. The first kappa shape index (κ1) is 13.5. The Morgan fingerprint density at radius 1 is 1.35 bits per heavy atom. The Balaban J connectivity index is 0.000000686. The minimum absolute atomic E-state index is 0.105. The molecule has 17 heavy (non-hydrogen) atoms. The van der Waals surface area contributed by atoms with E-state index in [1.165, 1.54) is 15.2 Å². The monoisotopic (exact) mass is 239 g/mol. The van der Waals surface area contributed by atoms with E-state index in [2.05, 4.69) is 0 Å². The molecule has 0 radical (unpaired) electrons. The summed E-state index contributed by atoms with van der Waals surface area (Å²) >= 11 is 0. The summed E-state index contributed by atoms with van der Waals surface area (Å²) in [6.07, 6.45) is 2.67. The maximum absolute atomic E-state index is 11.9. The Morgan fingerprint density at radius 2 is 1.94 bits per heavy atom. The Bertz CT molecular complexity index is 484. The fraction of sp³-hybridized carbons (Fsp3) is 0.667. The Morgan fingerprint density at radius 3 is 2.41 bits per heavy atom. The van der Waals surface area contributed by atoms with Gasteiger partial charge in [0.2, 0.25) is 0 Å². The molecule has 0 bridgehead atoms. The van der Waals surface area contributed by atoms with Gasteiger partial charge in [0, 0.05) is 18.7 Å². The zero-order valence-corrected chi connectivity index (χ0v) is 10.8. The van der Waals surface area contributed by atoms with Gasteiger partial charge in [-0.1, -0.05) is 20.8 Å². The SMILES string of the molecule is CC.CCCn1c(N)cc(=O)n(C2CC2)c1=O. The first-order chi connectivity index (χ1) is 8.15. The Kier molecular flexibility index (Phi) is 4.54. The molecule has 0 atom stereocenters. The number of anilines is 1. The third-order valence-corrected chi connectivity index (χ3v) is 2.62. The summed E-state index contributed by atoms with van der Waals surface area (Å²) in [5.41, 5.74) is 5.12. The number of hydrogen-bond acceptors (Lipinski definition) is 3. The van der Waals surface area contributed by atoms with E-state index in [4.69, 9.17) is 5.73 Å². The minimum Gasteiger partial charge on any atom is -0.385 e. The summed E-state index contributed by atoms with van der Waals surface area (Å²) in [6, 6.07) is 1.45. The van der Waals surface area contributed by atoms with Crippen LogP contribution in [0.1, 0.15) is 46.1 Å². The van der Waals surface area contributed by atoms with Crippen LogP contribution in [0.25, 0.3) is 0 Å². The highest BCUT2D eigenvalue weighted by molar-refractivity contribution is 5.26. The van der Waals surface area contributed by atoms with Gasteiger partial charge in [0.25, 0.3) is 5.56 Å². The van der Waals surface area contributed by atoms with Gasteiger partial charge < -0.3 is 5.73 Å². The average Bonchev–Trinajstić information content (AvgIpc) is 3.11. The van der Waals surface area contributed by atoms with Crippen LogP contribution in [0, 0.1) is 0 Å². The van der Waals surface area contributed by atoms with Crippen LogP contribution in [0.4, 0.5) is 5.82 Å². The topological polar surface area (TPSA) is 70.0 Å². The summed E-state index contributed by atoms with van der Waals surface area (Å²) in [5.74, 6) is 0.267. The summed E-state index contributed by atoms with van der Waals surface area (Å²) in [4.78, 5) is 23.5. The lowest BCUT2D eigenvalue weighted by Crippen LogP contribution is -2.40. The largest absolute Gasteiger partial charge is 0.385 e. The number of rotatable bonds is 3. The fourth-order valence-corrected chi connectivity index (χ4v) is 1.73. The Labute approximate surface area is 101 Å². The van der Waals surface area contributed by atoms with Crippen molar-refractivity contribution >= 4 is 5.82 Å². The maximum Gasteiger partial charge on any atom is 0.332 e. The predicted octanol–water partition coefficient (Wildman–Crippen LogP) is 1.36. The van der Waals surface area contributed by atoms with Gasteiger partial charge in [0.15, 0.2) is 0 Å². The Hall–Kier alpha value is -1.52. The van der Waals surface area contributed by atoms with Crippen molar-refractivity contribution in [3.05, 3.63) is 26.9 Å². The summed E-state index contributed by atoms with van der Waals surface area (Å²) < 4.78 is 2.80. The number of nitrogen functional groups attached to an aromatic ring is 1. The molecule has 1 aliphatic rings. The van der Waals surface area contributed by atoms with Crippen molar-refractivity contribution in [3.63, 3.8) is 0 Å². The van der Waals surface area contributed by atoms with Gasteiger partial charge in [-0.15, -0.1) is 0 Å². The number of nitrogens with zero attached hydrogens (tertiary/aromatic N) is 2. The second-order valence-electron chi connectivity index (χ2n) is 3.94. The van der Waals surface area contributed by atoms with Gasteiger partial charge in [0.05, 0.1) is 0 Å². The van der Waals surface area contributed by atoms with Crippen molar-refractivity contribution in [2.24, 2.45) is 0 Å². The average molecular weight is 239 g/mol. The van der Waals surface area contributed by atoms with Gasteiger partial charge in [0.1, 0.15) is 5.82 Å². The first-order valence-electron chi connectivity index (χ1n) is 6.27. The highest BCUT2D eigenvalue weighted by atomic mass is 16.2. The molecular formula is C12H21N3O2. The highest BCUT2D eigenvalue weighted by Crippen LogP contribution is 2.32. The molecule has 2 N–H and O–H groups in total. The van der Waals surface area contributed by atoms with Crippen molar-refractivity contribution in [2.45, 2.75) is 52.6 Å². The maximum atomic E-state index is 11.9. The van der Waals surface area contributed by atoms with Crippen molar-refractivity contribution in [2.75, 3.05) is 5.73 Å². The lowest BCUT2D eigenvalue weighted by Gasteiger charge is -2.10. The number of aromatic nitrogens is 2. The second kappa shape index (κ2) is 5.70. The third-order valence-electron chi connectivity index (χ3n) is 2.62. The lowest BCUT2D eigenvalue weighted by atomic mass is 10.4. The number of nitrogens with two attached hydrogens (primary N) is 1. The van der Waals surface area contributed by atoms with Gasteiger partial charge in [-0.25, -0.2) is 4.79 Å².